The lowest BCUT2D eigenvalue weighted by Crippen LogP contribution is -2.36. The van der Waals surface area contributed by atoms with Crippen molar-refractivity contribution in [2.75, 3.05) is 0 Å². The van der Waals surface area contributed by atoms with Gasteiger partial charge in [0.2, 0.25) is 0 Å². The van der Waals surface area contributed by atoms with Gasteiger partial charge in [-0.15, -0.1) is 0 Å². The second-order valence-electron chi connectivity index (χ2n) is 5.76. The Hall–Kier alpha value is -2.00. The van der Waals surface area contributed by atoms with Crippen LogP contribution in [-0.2, 0) is 11.3 Å². The van der Waals surface area contributed by atoms with Crippen LogP contribution in [0, 0.1) is 0 Å². The van der Waals surface area contributed by atoms with Gasteiger partial charge in [-0.3, -0.25) is 4.79 Å². The van der Waals surface area contributed by atoms with Gasteiger partial charge in [-0.1, -0.05) is 61.8 Å². The van der Waals surface area contributed by atoms with E-state index in [0.717, 1.165) is 16.9 Å². The Morgan fingerprint density at radius 1 is 1.09 bits per heavy atom. The van der Waals surface area contributed by atoms with Crippen LogP contribution < -0.4 is 10.1 Å². The summed E-state index contributed by atoms with van der Waals surface area (Å²) in [6.45, 7) is 6.34. The largest absolute Gasteiger partial charge is 0.481 e. The van der Waals surface area contributed by atoms with Crippen molar-refractivity contribution in [2.45, 2.75) is 39.3 Å². The fourth-order valence-corrected chi connectivity index (χ4v) is 2.48. The van der Waals surface area contributed by atoms with Gasteiger partial charge >= 0.3 is 0 Å². The summed E-state index contributed by atoms with van der Waals surface area (Å²) in [5.74, 6) is 0.927. The Morgan fingerprint density at radius 3 is 2.43 bits per heavy atom. The summed E-state index contributed by atoms with van der Waals surface area (Å²) in [6, 6.07) is 15.3. The Morgan fingerprint density at radius 2 is 1.74 bits per heavy atom. The van der Waals surface area contributed by atoms with E-state index in [2.05, 4.69) is 19.2 Å². The van der Waals surface area contributed by atoms with Crippen molar-refractivity contribution in [3.63, 3.8) is 0 Å². The highest BCUT2D eigenvalue weighted by atomic mass is 35.5. The van der Waals surface area contributed by atoms with Crippen molar-refractivity contribution in [1.29, 1.82) is 0 Å². The average molecular weight is 332 g/mol. The molecule has 0 aliphatic rings. The van der Waals surface area contributed by atoms with Gasteiger partial charge in [0.25, 0.3) is 5.91 Å². The molecule has 0 aromatic heterocycles. The van der Waals surface area contributed by atoms with Crippen LogP contribution in [0.5, 0.6) is 5.75 Å². The third-order valence-corrected chi connectivity index (χ3v) is 3.99. The molecule has 0 aliphatic carbocycles. The maximum atomic E-state index is 12.2. The van der Waals surface area contributed by atoms with E-state index in [1.807, 2.05) is 48.5 Å². The van der Waals surface area contributed by atoms with Crippen molar-refractivity contribution in [2.24, 2.45) is 0 Å². The highest BCUT2D eigenvalue weighted by molar-refractivity contribution is 6.31. The third kappa shape index (κ3) is 4.73. The number of amides is 1. The maximum absolute atomic E-state index is 12.2. The molecule has 1 N–H and O–H groups in total. The highest BCUT2D eigenvalue weighted by Gasteiger charge is 2.17. The molecule has 1 atom stereocenters. The van der Waals surface area contributed by atoms with Crippen LogP contribution >= 0.6 is 11.6 Å². The summed E-state index contributed by atoms with van der Waals surface area (Å²) in [4.78, 5) is 12.2. The van der Waals surface area contributed by atoms with Gasteiger partial charge in [-0.05, 0) is 36.1 Å². The van der Waals surface area contributed by atoms with Crippen LogP contribution in [0.25, 0.3) is 0 Å². The predicted octanol–water partition coefficient (Wildman–Crippen LogP) is 4.55. The number of carbonyl (C=O) groups is 1. The molecular formula is C19H22ClNO2. The molecule has 23 heavy (non-hydrogen) atoms. The van der Waals surface area contributed by atoms with Crippen molar-refractivity contribution < 1.29 is 9.53 Å². The Labute approximate surface area is 142 Å². The minimum Gasteiger partial charge on any atom is -0.481 e. The van der Waals surface area contributed by atoms with E-state index in [1.165, 1.54) is 0 Å². The summed E-state index contributed by atoms with van der Waals surface area (Å²) in [5.41, 5.74) is 1.98. The van der Waals surface area contributed by atoms with E-state index in [-0.39, 0.29) is 5.91 Å². The van der Waals surface area contributed by atoms with Crippen molar-refractivity contribution in [1.82, 2.24) is 5.32 Å². The lowest BCUT2D eigenvalue weighted by Gasteiger charge is -2.18. The molecule has 0 saturated heterocycles. The average Bonchev–Trinajstić information content (AvgIpc) is 2.54. The molecule has 122 valence electrons. The first kappa shape index (κ1) is 17.4. The normalized spacial score (nSPS) is 12.0. The Balaban J connectivity index is 1.97. The molecule has 0 fully saturated rings. The number of hydrogen-bond donors (Lipinski definition) is 1. The Bertz CT molecular complexity index is 670. The van der Waals surface area contributed by atoms with Crippen LogP contribution in [0.3, 0.4) is 0 Å². The molecule has 0 unspecified atom stereocenters. The van der Waals surface area contributed by atoms with Crippen LogP contribution in [0.1, 0.15) is 37.8 Å². The third-order valence-electron chi connectivity index (χ3n) is 3.62. The molecule has 4 heteroatoms. The van der Waals surface area contributed by atoms with Crippen molar-refractivity contribution in [3.05, 3.63) is 64.7 Å². The van der Waals surface area contributed by atoms with Gasteiger partial charge in [-0.25, -0.2) is 0 Å². The van der Waals surface area contributed by atoms with Crippen LogP contribution in [0.2, 0.25) is 5.02 Å². The van der Waals surface area contributed by atoms with Gasteiger partial charge in [0.05, 0.1) is 0 Å². The zero-order valence-electron chi connectivity index (χ0n) is 13.7. The molecule has 2 aromatic carbocycles. The maximum Gasteiger partial charge on any atom is 0.261 e. The number of carbonyl (C=O) groups excluding carboxylic acids is 1. The van der Waals surface area contributed by atoms with E-state index in [4.69, 9.17) is 16.3 Å². The monoisotopic (exact) mass is 331 g/mol. The van der Waals surface area contributed by atoms with Gasteiger partial charge in [0.1, 0.15) is 5.75 Å². The van der Waals surface area contributed by atoms with E-state index >= 15 is 0 Å². The lowest BCUT2D eigenvalue weighted by atomic mass is 10.0. The van der Waals surface area contributed by atoms with E-state index < -0.39 is 6.10 Å². The molecular weight excluding hydrogens is 310 g/mol. The van der Waals surface area contributed by atoms with E-state index in [1.54, 1.807) is 6.92 Å². The van der Waals surface area contributed by atoms with Crippen LogP contribution in [-0.4, -0.2) is 12.0 Å². The smallest absolute Gasteiger partial charge is 0.261 e. The number of ether oxygens (including phenoxy) is 1. The fraction of sp³-hybridized carbons (Fsp3) is 0.316. The molecule has 0 aliphatic heterocycles. The molecule has 0 bridgehead atoms. The number of halogens is 1. The zero-order valence-corrected chi connectivity index (χ0v) is 14.4. The predicted molar refractivity (Wildman–Crippen MR) is 93.9 cm³/mol. The first-order chi connectivity index (χ1) is 11.0. The lowest BCUT2D eigenvalue weighted by molar-refractivity contribution is -0.127. The van der Waals surface area contributed by atoms with Gasteiger partial charge in [-0.2, -0.15) is 0 Å². The standard InChI is InChI=1S/C19H22ClNO2/c1-13(2)16-9-5-7-11-18(16)23-14(3)19(22)21-12-15-8-4-6-10-17(15)20/h4-11,13-14H,12H2,1-3H3,(H,21,22)/t14-/m1/s1. The van der Waals surface area contributed by atoms with Gasteiger partial charge in [0, 0.05) is 11.6 Å². The summed E-state index contributed by atoms with van der Waals surface area (Å²) >= 11 is 6.09. The van der Waals surface area contributed by atoms with Crippen LogP contribution in [0.15, 0.2) is 48.5 Å². The number of nitrogens with one attached hydrogen (secondary N) is 1. The van der Waals surface area contributed by atoms with Gasteiger partial charge < -0.3 is 10.1 Å². The Kier molecular flexibility index (Phi) is 6.05. The number of benzene rings is 2. The molecule has 0 heterocycles. The number of rotatable bonds is 6. The summed E-state index contributed by atoms with van der Waals surface area (Å²) in [6.07, 6.45) is -0.572. The van der Waals surface area contributed by atoms with Crippen molar-refractivity contribution in [3.8, 4) is 5.75 Å². The summed E-state index contributed by atoms with van der Waals surface area (Å²) in [7, 11) is 0. The first-order valence-electron chi connectivity index (χ1n) is 7.75. The minimum absolute atomic E-state index is 0.163. The highest BCUT2D eigenvalue weighted by Crippen LogP contribution is 2.26. The van der Waals surface area contributed by atoms with Crippen LogP contribution in [0.4, 0.5) is 0 Å². The minimum atomic E-state index is -0.572. The molecule has 0 saturated carbocycles. The number of para-hydroxylation sites is 1. The topological polar surface area (TPSA) is 38.3 Å². The number of hydrogen-bond acceptors (Lipinski definition) is 2. The summed E-state index contributed by atoms with van der Waals surface area (Å²) < 4.78 is 5.84. The SMILES string of the molecule is CC(C)c1ccccc1O[C@H](C)C(=O)NCc1ccccc1Cl. The molecule has 1 amide bonds. The molecule has 0 radical (unpaired) electrons. The second kappa shape index (κ2) is 8.02. The molecule has 2 aromatic rings. The van der Waals surface area contributed by atoms with E-state index in [9.17, 15) is 4.79 Å². The first-order valence-corrected chi connectivity index (χ1v) is 8.13. The molecule has 0 spiro atoms. The molecule has 3 nitrogen and oxygen atoms in total. The summed E-state index contributed by atoms with van der Waals surface area (Å²) in [5, 5.41) is 3.51. The van der Waals surface area contributed by atoms with Gasteiger partial charge in [0.15, 0.2) is 6.10 Å². The fourth-order valence-electron chi connectivity index (χ4n) is 2.28. The van der Waals surface area contributed by atoms with E-state index in [0.29, 0.717) is 17.5 Å². The quantitative estimate of drug-likeness (QED) is 0.843. The zero-order chi connectivity index (χ0) is 16.8. The van der Waals surface area contributed by atoms with Crippen molar-refractivity contribution >= 4 is 17.5 Å². The molecule has 2 rings (SSSR count). The second-order valence-corrected chi connectivity index (χ2v) is 6.17.